The normalized spacial score (nSPS) is 32.6. The standard InChI is InChI=1S/C12H18N4O12/c17-1-3(19)13-5(21)7(23)15(11(13)27)9(25)10(26)16-8(24)6(22)14(12(16)28)4(20)2-18/h1-10,19-26H. The van der Waals surface area contributed by atoms with Gasteiger partial charge in [-0.1, -0.05) is 0 Å². The number of hydrogen-bond acceptors (Lipinski definition) is 12. The average Bonchev–Trinajstić information content (AvgIpc) is 3.02. The first-order valence-corrected chi connectivity index (χ1v) is 7.57. The van der Waals surface area contributed by atoms with E-state index >= 15 is 0 Å². The van der Waals surface area contributed by atoms with E-state index in [4.69, 9.17) is 0 Å². The molecule has 2 aliphatic rings. The molecule has 2 aliphatic heterocycles. The zero-order valence-electron chi connectivity index (χ0n) is 13.8. The molecule has 0 aromatic carbocycles. The maximum Gasteiger partial charge on any atom is 0.329 e. The molecule has 0 aromatic rings. The number of nitrogens with zero attached hydrogens (tertiary/aromatic N) is 4. The van der Waals surface area contributed by atoms with Crippen molar-refractivity contribution in [2.45, 2.75) is 49.8 Å². The van der Waals surface area contributed by atoms with Crippen LogP contribution in [0.3, 0.4) is 0 Å². The molecule has 16 nitrogen and oxygen atoms in total. The molecule has 2 heterocycles. The summed E-state index contributed by atoms with van der Waals surface area (Å²) in [5.41, 5.74) is 0. The number of aliphatic hydroxyl groups is 8. The van der Waals surface area contributed by atoms with E-state index in [-0.39, 0.29) is 32.2 Å². The Bertz CT molecular complexity index is 596. The molecule has 158 valence electrons. The molecule has 8 N–H and O–H groups in total. The van der Waals surface area contributed by atoms with E-state index in [0.717, 1.165) is 0 Å². The molecule has 0 radical (unpaired) electrons. The van der Waals surface area contributed by atoms with Gasteiger partial charge < -0.3 is 40.9 Å². The molecule has 8 unspecified atom stereocenters. The Hall–Kier alpha value is -2.44. The van der Waals surface area contributed by atoms with Crippen LogP contribution in [0.15, 0.2) is 0 Å². The van der Waals surface area contributed by atoms with Gasteiger partial charge in [0, 0.05) is 0 Å². The van der Waals surface area contributed by atoms with Gasteiger partial charge in [-0.25, -0.2) is 9.59 Å². The van der Waals surface area contributed by atoms with Crippen molar-refractivity contribution in [3.8, 4) is 0 Å². The van der Waals surface area contributed by atoms with Crippen molar-refractivity contribution in [2.24, 2.45) is 0 Å². The summed E-state index contributed by atoms with van der Waals surface area (Å²) in [6.45, 7) is 0. The van der Waals surface area contributed by atoms with Crippen LogP contribution in [0.25, 0.3) is 0 Å². The molecule has 8 atom stereocenters. The second-order valence-corrected chi connectivity index (χ2v) is 5.78. The third-order valence-electron chi connectivity index (χ3n) is 4.21. The van der Waals surface area contributed by atoms with E-state index in [9.17, 15) is 60.0 Å². The van der Waals surface area contributed by atoms with E-state index in [1.807, 2.05) is 0 Å². The lowest BCUT2D eigenvalue weighted by molar-refractivity contribution is -0.192. The summed E-state index contributed by atoms with van der Waals surface area (Å²) < 4.78 is 0. The number of aliphatic hydroxyl groups excluding tert-OH is 8. The fourth-order valence-electron chi connectivity index (χ4n) is 2.79. The van der Waals surface area contributed by atoms with Gasteiger partial charge in [0.05, 0.1) is 0 Å². The van der Waals surface area contributed by atoms with Crippen LogP contribution in [0.4, 0.5) is 9.59 Å². The number of rotatable bonds is 7. The summed E-state index contributed by atoms with van der Waals surface area (Å²) in [6.07, 6.45) is -18.9. The second-order valence-electron chi connectivity index (χ2n) is 5.78. The van der Waals surface area contributed by atoms with Crippen LogP contribution < -0.4 is 0 Å². The minimum absolute atomic E-state index is 0.0206. The van der Waals surface area contributed by atoms with Gasteiger partial charge in [0.15, 0.2) is 62.4 Å². The highest BCUT2D eigenvalue weighted by molar-refractivity contribution is 5.82. The van der Waals surface area contributed by atoms with Crippen LogP contribution in [0.1, 0.15) is 0 Å². The van der Waals surface area contributed by atoms with E-state index in [1.54, 1.807) is 0 Å². The van der Waals surface area contributed by atoms with E-state index in [0.29, 0.717) is 0 Å². The zero-order valence-corrected chi connectivity index (χ0v) is 13.8. The third kappa shape index (κ3) is 3.16. The molecule has 0 saturated carbocycles. The van der Waals surface area contributed by atoms with E-state index < -0.39 is 61.9 Å². The fourth-order valence-corrected chi connectivity index (χ4v) is 2.79. The minimum Gasteiger partial charge on any atom is -0.369 e. The van der Waals surface area contributed by atoms with Gasteiger partial charge in [0.2, 0.25) is 0 Å². The summed E-state index contributed by atoms with van der Waals surface area (Å²) in [4.78, 5) is 45.6. The van der Waals surface area contributed by atoms with Gasteiger partial charge in [-0.2, -0.15) is 0 Å². The number of amides is 4. The number of urea groups is 2. The molecule has 0 bridgehead atoms. The van der Waals surface area contributed by atoms with Crippen LogP contribution in [-0.4, -0.2) is 135 Å². The Morgan fingerprint density at radius 2 is 0.857 bits per heavy atom. The van der Waals surface area contributed by atoms with Gasteiger partial charge in [0.25, 0.3) is 0 Å². The lowest BCUT2D eigenvalue weighted by Gasteiger charge is -2.34. The summed E-state index contributed by atoms with van der Waals surface area (Å²) in [5, 5.41) is 78.3. The molecule has 0 aliphatic carbocycles. The quantitative estimate of drug-likeness (QED) is 0.183. The monoisotopic (exact) mass is 410 g/mol. The zero-order chi connectivity index (χ0) is 21.5. The SMILES string of the molecule is O=CC(O)N1C(=O)N(C(O)C(O)N2C(=O)N(C(O)C=O)C(O)C2O)C(O)C1O. The highest BCUT2D eigenvalue weighted by atomic mass is 16.4. The van der Waals surface area contributed by atoms with Gasteiger partial charge in [-0.05, 0) is 0 Å². The number of aldehydes is 2. The second kappa shape index (κ2) is 7.89. The average molecular weight is 410 g/mol. The Labute approximate surface area is 155 Å². The van der Waals surface area contributed by atoms with Crippen LogP contribution in [0, 0.1) is 0 Å². The smallest absolute Gasteiger partial charge is 0.329 e. The van der Waals surface area contributed by atoms with Crippen molar-refractivity contribution in [3.63, 3.8) is 0 Å². The largest absolute Gasteiger partial charge is 0.369 e. The van der Waals surface area contributed by atoms with Gasteiger partial charge >= 0.3 is 12.1 Å². The molecule has 2 fully saturated rings. The highest BCUT2D eigenvalue weighted by Crippen LogP contribution is 2.29. The predicted octanol–water partition coefficient (Wildman–Crippen LogP) is -6.59. The van der Waals surface area contributed by atoms with Gasteiger partial charge in [-0.3, -0.25) is 29.2 Å². The van der Waals surface area contributed by atoms with Crippen LogP contribution in [0.5, 0.6) is 0 Å². The summed E-state index contributed by atoms with van der Waals surface area (Å²) >= 11 is 0. The van der Waals surface area contributed by atoms with Crippen molar-refractivity contribution >= 4 is 24.6 Å². The number of carbonyl (C=O) groups is 4. The molecule has 0 spiro atoms. The number of hydrogen-bond donors (Lipinski definition) is 8. The molecule has 4 amide bonds. The van der Waals surface area contributed by atoms with Gasteiger partial charge in [-0.15, -0.1) is 0 Å². The molecule has 28 heavy (non-hydrogen) atoms. The topological polar surface area (TPSA) is 243 Å². The van der Waals surface area contributed by atoms with E-state index in [2.05, 4.69) is 0 Å². The highest BCUT2D eigenvalue weighted by Gasteiger charge is 2.56. The van der Waals surface area contributed by atoms with Crippen LogP contribution in [-0.2, 0) is 9.59 Å². The summed E-state index contributed by atoms with van der Waals surface area (Å²) in [5.74, 6) is 0. The lowest BCUT2D eigenvalue weighted by Crippen LogP contribution is -2.58. The predicted molar refractivity (Wildman–Crippen MR) is 78.3 cm³/mol. The van der Waals surface area contributed by atoms with Gasteiger partial charge in [0.1, 0.15) is 0 Å². The Morgan fingerprint density at radius 1 is 0.607 bits per heavy atom. The molecular formula is C12H18N4O12. The first kappa shape index (κ1) is 21.9. The number of carbonyl (C=O) groups excluding carboxylic acids is 4. The maximum absolute atomic E-state index is 12.2. The van der Waals surface area contributed by atoms with Crippen molar-refractivity contribution in [1.29, 1.82) is 0 Å². The molecule has 16 heteroatoms. The Kier molecular flexibility index (Phi) is 6.16. The molecule has 2 saturated heterocycles. The fraction of sp³-hybridized carbons (Fsp3) is 0.667. The maximum atomic E-state index is 12.2. The third-order valence-corrected chi connectivity index (χ3v) is 4.21. The summed E-state index contributed by atoms with van der Waals surface area (Å²) in [7, 11) is 0. The summed E-state index contributed by atoms with van der Waals surface area (Å²) in [6, 6.07) is -3.06. The van der Waals surface area contributed by atoms with Crippen LogP contribution in [0.2, 0.25) is 0 Å². The first-order chi connectivity index (χ1) is 13.0. The molecule has 2 rings (SSSR count). The Balaban J connectivity index is 2.28. The van der Waals surface area contributed by atoms with Crippen molar-refractivity contribution in [3.05, 3.63) is 0 Å². The van der Waals surface area contributed by atoms with Crippen molar-refractivity contribution < 1.29 is 60.0 Å². The molecular weight excluding hydrogens is 392 g/mol. The molecule has 0 aromatic heterocycles. The Morgan fingerprint density at radius 3 is 1.11 bits per heavy atom. The van der Waals surface area contributed by atoms with E-state index in [1.165, 1.54) is 0 Å². The lowest BCUT2D eigenvalue weighted by atomic mass is 10.3. The minimum atomic E-state index is -2.56. The van der Waals surface area contributed by atoms with Crippen molar-refractivity contribution in [2.75, 3.05) is 0 Å². The van der Waals surface area contributed by atoms with Crippen molar-refractivity contribution in [1.82, 2.24) is 19.6 Å². The van der Waals surface area contributed by atoms with Crippen LogP contribution >= 0.6 is 0 Å². The first-order valence-electron chi connectivity index (χ1n) is 7.57.